The van der Waals surface area contributed by atoms with Gasteiger partial charge >= 0.3 is 0 Å². The number of allylic oxidation sites excluding steroid dienone is 1. The number of rotatable bonds is 5. The first kappa shape index (κ1) is 10.4. The zero-order valence-electron chi connectivity index (χ0n) is 7.41. The van der Waals surface area contributed by atoms with Crippen LogP contribution in [0.2, 0.25) is 0 Å². The molecule has 0 aromatic carbocycles. The van der Waals surface area contributed by atoms with Gasteiger partial charge in [-0.2, -0.15) is 0 Å². The van der Waals surface area contributed by atoms with Gasteiger partial charge < -0.3 is 4.74 Å². The van der Waals surface area contributed by atoms with E-state index < -0.39 is 0 Å². The second kappa shape index (κ2) is 6.10. The Balaban J connectivity index is 3.44. The Labute approximate surface area is 68.2 Å². The standard InChI is InChI=1S/C9H16O2/c1-8(2)11-7-9(3)5-4-6-10/h4-6,8-9H,7H2,1-3H3/b5-4+. The minimum atomic E-state index is 0.266. The van der Waals surface area contributed by atoms with Crippen LogP contribution in [0, 0.1) is 5.92 Å². The molecule has 2 heteroatoms. The van der Waals surface area contributed by atoms with Gasteiger partial charge in [-0.25, -0.2) is 0 Å². The van der Waals surface area contributed by atoms with E-state index in [0.29, 0.717) is 12.5 Å². The van der Waals surface area contributed by atoms with Gasteiger partial charge in [-0.1, -0.05) is 13.0 Å². The van der Waals surface area contributed by atoms with Crippen molar-refractivity contribution in [1.82, 2.24) is 0 Å². The summed E-state index contributed by atoms with van der Waals surface area (Å²) in [5, 5.41) is 0. The molecule has 1 atom stereocenters. The van der Waals surface area contributed by atoms with Crippen LogP contribution in [0.15, 0.2) is 12.2 Å². The van der Waals surface area contributed by atoms with Crippen molar-refractivity contribution in [2.45, 2.75) is 26.9 Å². The monoisotopic (exact) mass is 156 g/mol. The van der Waals surface area contributed by atoms with Crippen molar-refractivity contribution in [2.24, 2.45) is 5.92 Å². The first-order valence-electron chi connectivity index (χ1n) is 3.90. The molecule has 64 valence electrons. The molecule has 0 amide bonds. The molecule has 0 aliphatic rings. The molecule has 2 nitrogen and oxygen atoms in total. The largest absolute Gasteiger partial charge is 0.378 e. The van der Waals surface area contributed by atoms with Gasteiger partial charge in [-0.05, 0) is 25.8 Å². The lowest BCUT2D eigenvalue weighted by Gasteiger charge is -2.09. The first-order valence-corrected chi connectivity index (χ1v) is 3.90. The van der Waals surface area contributed by atoms with Crippen molar-refractivity contribution >= 4 is 6.29 Å². The molecule has 0 aromatic rings. The van der Waals surface area contributed by atoms with E-state index in [0.717, 1.165) is 6.29 Å². The Morgan fingerprint density at radius 1 is 1.36 bits per heavy atom. The number of aldehydes is 1. The van der Waals surface area contributed by atoms with E-state index in [1.54, 1.807) is 0 Å². The molecule has 0 N–H and O–H groups in total. The molecular formula is C9H16O2. The highest BCUT2D eigenvalue weighted by Gasteiger charge is 1.98. The molecule has 0 heterocycles. The van der Waals surface area contributed by atoms with E-state index in [2.05, 4.69) is 0 Å². The van der Waals surface area contributed by atoms with Crippen molar-refractivity contribution in [2.75, 3.05) is 6.61 Å². The van der Waals surface area contributed by atoms with Crippen LogP contribution in [0.4, 0.5) is 0 Å². The summed E-state index contributed by atoms with van der Waals surface area (Å²) in [6, 6.07) is 0. The van der Waals surface area contributed by atoms with Crippen molar-refractivity contribution in [3.63, 3.8) is 0 Å². The van der Waals surface area contributed by atoms with Crippen LogP contribution >= 0.6 is 0 Å². The molecule has 0 saturated carbocycles. The predicted molar refractivity (Wildman–Crippen MR) is 45.5 cm³/mol. The molecular weight excluding hydrogens is 140 g/mol. The minimum absolute atomic E-state index is 0.266. The Kier molecular flexibility index (Phi) is 5.75. The van der Waals surface area contributed by atoms with Gasteiger partial charge in [0.15, 0.2) is 0 Å². The molecule has 11 heavy (non-hydrogen) atoms. The number of ether oxygens (including phenoxy) is 1. The van der Waals surface area contributed by atoms with Crippen molar-refractivity contribution in [3.8, 4) is 0 Å². The van der Waals surface area contributed by atoms with Crippen LogP contribution < -0.4 is 0 Å². The number of hydrogen-bond acceptors (Lipinski definition) is 2. The fraction of sp³-hybridized carbons (Fsp3) is 0.667. The number of carbonyl (C=O) groups is 1. The fourth-order valence-electron chi connectivity index (χ4n) is 0.635. The smallest absolute Gasteiger partial charge is 0.142 e. The summed E-state index contributed by atoms with van der Waals surface area (Å²) in [5.41, 5.74) is 0. The van der Waals surface area contributed by atoms with E-state index in [9.17, 15) is 4.79 Å². The van der Waals surface area contributed by atoms with Crippen LogP contribution in [0.5, 0.6) is 0 Å². The Morgan fingerprint density at radius 2 is 2.00 bits per heavy atom. The van der Waals surface area contributed by atoms with Crippen LogP contribution in [-0.2, 0) is 9.53 Å². The number of hydrogen-bond donors (Lipinski definition) is 0. The fourth-order valence-corrected chi connectivity index (χ4v) is 0.635. The van der Waals surface area contributed by atoms with E-state index >= 15 is 0 Å². The van der Waals surface area contributed by atoms with Crippen LogP contribution in [0.25, 0.3) is 0 Å². The number of carbonyl (C=O) groups excluding carboxylic acids is 1. The van der Waals surface area contributed by atoms with Crippen molar-refractivity contribution in [1.29, 1.82) is 0 Å². The average molecular weight is 156 g/mol. The lowest BCUT2D eigenvalue weighted by atomic mass is 10.2. The Bertz CT molecular complexity index is 128. The lowest BCUT2D eigenvalue weighted by Crippen LogP contribution is -2.09. The van der Waals surface area contributed by atoms with E-state index in [1.807, 2.05) is 26.8 Å². The summed E-state index contributed by atoms with van der Waals surface area (Å²) < 4.78 is 5.33. The third kappa shape index (κ3) is 7.26. The zero-order valence-corrected chi connectivity index (χ0v) is 7.41. The van der Waals surface area contributed by atoms with Gasteiger partial charge in [-0.15, -0.1) is 0 Å². The van der Waals surface area contributed by atoms with E-state index in [1.165, 1.54) is 6.08 Å². The highest BCUT2D eigenvalue weighted by molar-refractivity contribution is 5.64. The molecule has 0 rings (SSSR count). The quantitative estimate of drug-likeness (QED) is 0.448. The summed E-state index contributed by atoms with van der Waals surface area (Å²) >= 11 is 0. The average Bonchev–Trinajstić information content (AvgIpc) is 1.97. The maximum absolute atomic E-state index is 9.92. The lowest BCUT2D eigenvalue weighted by molar-refractivity contribution is -0.104. The Morgan fingerprint density at radius 3 is 2.45 bits per heavy atom. The maximum atomic E-state index is 9.92. The highest BCUT2D eigenvalue weighted by Crippen LogP contribution is 1.99. The van der Waals surface area contributed by atoms with Crippen molar-refractivity contribution < 1.29 is 9.53 Å². The summed E-state index contributed by atoms with van der Waals surface area (Å²) in [6.45, 7) is 6.69. The minimum Gasteiger partial charge on any atom is -0.378 e. The molecule has 0 saturated heterocycles. The van der Waals surface area contributed by atoms with Crippen molar-refractivity contribution in [3.05, 3.63) is 12.2 Å². The van der Waals surface area contributed by atoms with Gasteiger partial charge in [0.2, 0.25) is 0 Å². The molecule has 0 aliphatic carbocycles. The highest BCUT2D eigenvalue weighted by atomic mass is 16.5. The topological polar surface area (TPSA) is 26.3 Å². The van der Waals surface area contributed by atoms with E-state index in [-0.39, 0.29) is 6.10 Å². The van der Waals surface area contributed by atoms with Gasteiger partial charge in [-0.3, -0.25) is 4.79 Å². The van der Waals surface area contributed by atoms with Gasteiger partial charge in [0.25, 0.3) is 0 Å². The molecule has 0 fully saturated rings. The first-order chi connectivity index (χ1) is 5.16. The zero-order chi connectivity index (χ0) is 8.69. The third-order valence-corrected chi connectivity index (χ3v) is 1.21. The molecule has 0 bridgehead atoms. The second-order valence-corrected chi connectivity index (χ2v) is 2.88. The summed E-state index contributed by atoms with van der Waals surface area (Å²) in [4.78, 5) is 9.92. The molecule has 0 aliphatic heterocycles. The van der Waals surface area contributed by atoms with Crippen LogP contribution in [0.1, 0.15) is 20.8 Å². The molecule has 1 unspecified atom stereocenters. The molecule has 0 spiro atoms. The van der Waals surface area contributed by atoms with Gasteiger partial charge in [0.05, 0.1) is 12.7 Å². The summed E-state index contributed by atoms with van der Waals surface area (Å²) in [6.07, 6.45) is 4.40. The maximum Gasteiger partial charge on any atom is 0.142 e. The van der Waals surface area contributed by atoms with Crippen LogP contribution in [-0.4, -0.2) is 19.0 Å². The summed E-state index contributed by atoms with van der Waals surface area (Å²) in [7, 11) is 0. The van der Waals surface area contributed by atoms with Gasteiger partial charge in [0.1, 0.15) is 6.29 Å². The summed E-state index contributed by atoms with van der Waals surface area (Å²) in [5.74, 6) is 0.322. The SMILES string of the molecule is CC(/C=C/C=O)COC(C)C. The second-order valence-electron chi connectivity index (χ2n) is 2.88. The molecule has 0 radical (unpaired) electrons. The predicted octanol–water partition coefficient (Wildman–Crippen LogP) is 1.80. The van der Waals surface area contributed by atoms with Gasteiger partial charge in [0, 0.05) is 0 Å². The Hall–Kier alpha value is -0.630. The van der Waals surface area contributed by atoms with Crippen LogP contribution in [0.3, 0.4) is 0 Å². The third-order valence-electron chi connectivity index (χ3n) is 1.21. The van der Waals surface area contributed by atoms with E-state index in [4.69, 9.17) is 4.74 Å². The normalized spacial score (nSPS) is 14.2. The molecule has 0 aromatic heterocycles.